The molecule has 3 rings (SSSR count). The summed E-state index contributed by atoms with van der Waals surface area (Å²) in [5.74, 6) is 1.61. The summed E-state index contributed by atoms with van der Waals surface area (Å²) >= 11 is 0. The van der Waals surface area contributed by atoms with E-state index in [2.05, 4.69) is 33.4 Å². The lowest BCUT2D eigenvalue weighted by molar-refractivity contribution is -0.151. The minimum absolute atomic E-state index is 0.0226. The van der Waals surface area contributed by atoms with Gasteiger partial charge in [-0.05, 0) is 32.1 Å². The second kappa shape index (κ2) is 4.70. The first-order chi connectivity index (χ1) is 9.85. The van der Waals surface area contributed by atoms with Crippen molar-refractivity contribution in [3.63, 3.8) is 0 Å². The molecule has 0 amide bonds. The van der Waals surface area contributed by atoms with Crippen molar-refractivity contribution < 1.29 is 14.3 Å². The molecule has 21 heavy (non-hydrogen) atoms. The second-order valence-electron chi connectivity index (χ2n) is 7.22. The number of allylic oxidation sites excluding steroid dienone is 2. The summed E-state index contributed by atoms with van der Waals surface area (Å²) < 4.78 is 11.4. The third kappa shape index (κ3) is 1.79. The summed E-state index contributed by atoms with van der Waals surface area (Å²) in [5, 5.41) is 0. The van der Waals surface area contributed by atoms with Gasteiger partial charge in [0, 0.05) is 31.3 Å². The Labute approximate surface area is 127 Å². The van der Waals surface area contributed by atoms with E-state index >= 15 is 0 Å². The highest BCUT2D eigenvalue weighted by Crippen LogP contribution is 2.78. The highest BCUT2D eigenvalue weighted by atomic mass is 16.5. The lowest BCUT2D eigenvalue weighted by atomic mass is 9.69. The molecular formula is C18H26O3. The summed E-state index contributed by atoms with van der Waals surface area (Å²) in [5.41, 5.74) is 2.73. The molecule has 116 valence electrons. The SMILES string of the molecule is C=C(C)[C@@H]1[C@@H]2[C@H](OC(C)=O)C[C@H](C)[C@H]3[C@H](OC)C=C(C)[C@@]231. The molecule has 0 N–H and O–H groups in total. The summed E-state index contributed by atoms with van der Waals surface area (Å²) in [4.78, 5) is 11.5. The Hall–Kier alpha value is -1.09. The first-order valence-electron chi connectivity index (χ1n) is 7.90. The number of methoxy groups -OCH3 is 1. The van der Waals surface area contributed by atoms with Crippen molar-refractivity contribution in [2.24, 2.45) is 29.1 Å². The molecule has 0 aliphatic heterocycles. The molecule has 0 unspecified atom stereocenters. The molecule has 3 heteroatoms. The summed E-state index contributed by atoms with van der Waals surface area (Å²) in [7, 11) is 1.80. The Morgan fingerprint density at radius 3 is 2.57 bits per heavy atom. The fourth-order valence-electron chi connectivity index (χ4n) is 5.64. The molecule has 0 aromatic carbocycles. The van der Waals surface area contributed by atoms with Gasteiger partial charge in [0.2, 0.25) is 0 Å². The van der Waals surface area contributed by atoms with Crippen LogP contribution < -0.4 is 0 Å². The smallest absolute Gasteiger partial charge is 0.302 e. The normalized spacial score (nSPS) is 47.2. The lowest BCUT2D eigenvalue weighted by Crippen LogP contribution is -2.40. The molecule has 0 saturated heterocycles. The predicted octanol–water partition coefficient (Wildman–Crippen LogP) is 3.36. The van der Waals surface area contributed by atoms with Gasteiger partial charge in [-0.3, -0.25) is 4.79 Å². The van der Waals surface area contributed by atoms with Crippen LogP contribution in [0.1, 0.15) is 34.1 Å². The van der Waals surface area contributed by atoms with Gasteiger partial charge in [-0.15, -0.1) is 0 Å². The van der Waals surface area contributed by atoms with Crippen molar-refractivity contribution >= 4 is 5.97 Å². The van der Waals surface area contributed by atoms with Crippen molar-refractivity contribution in [2.45, 2.75) is 46.3 Å². The molecule has 0 heterocycles. The van der Waals surface area contributed by atoms with E-state index in [0.717, 1.165) is 6.42 Å². The van der Waals surface area contributed by atoms with E-state index in [1.54, 1.807) is 7.11 Å². The van der Waals surface area contributed by atoms with Crippen LogP contribution in [-0.2, 0) is 14.3 Å². The number of esters is 1. The average Bonchev–Trinajstić information content (AvgIpc) is 2.99. The van der Waals surface area contributed by atoms with E-state index in [4.69, 9.17) is 9.47 Å². The quantitative estimate of drug-likeness (QED) is 0.590. The number of carbonyl (C=O) groups is 1. The minimum atomic E-state index is -0.170. The first-order valence-corrected chi connectivity index (χ1v) is 7.90. The van der Waals surface area contributed by atoms with E-state index < -0.39 is 0 Å². The van der Waals surface area contributed by atoms with E-state index in [9.17, 15) is 4.79 Å². The monoisotopic (exact) mass is 290 g/mol. The minimum Gasteiger partial charge on any atom is -0.462 e. The zero-order chi connectivity index (χ0) is 15.5. The van der Waals surface area contributed by atoms with Gasteiger partial charge in [-0.2, -0.15) is 0 Å². The Kier molecular flexibility index (Phi) is 3.32. The van der Waals surface area contributed by atoms with Crippen LogP contribution >= 0.6 is 0 Å². The standard InChI is InChI=1S/C18H26O3/c1-9(2)15-17-14(21-12(5)19)7-10(3)16-13(20-6)8-11(4)18(15,16)17/h8,10,13-17H,1,7H2,2-6H3/t10-,13+,14+,15+,16-,17-,18-/m0/s1. The number of ether oxygens (including phenoxy) is 2. The van der Waals surface area contributed by atoms with Crippen LogP contribution in [0.3, 0.4) is 0 Å². The van der Waals surface area contributed by atoms with Crippen molar-refractivity contribution in [3.05, 3.63) is 23.8 Å². The largest absolute Gasteiger partial charge is 0.462 e. The van der Waals surface area contributed by atoms with Crippen LogP contribution in [0.5, 0.6) is 0 Å². The molecule has 0 aromatic heterocycles. The van der Waals surface area contributed by atoms with E-state index in [0.29, 0.717) is 23.7 Å². The Balaban J connectivity index is 2.01. The molecule has 0 aromatic rings. The average molecular weight is 290 g/mol. The van der Waals surface area contributed by atoms with Gasteiger partial charge >= 0.3 is 5.97 Å². The van der Waals surface area contributed by atoms with Gasteiger partial charge < -0.3 is 9.47 Å². The molecular weight excluding hydrogens is 264 g/mol. The third-order valence-corrected chi connectivity index (χ3v) is 6.06. The van der Waals surface area contributed by atoms with Crippen molar-refractivity contribution in [2.75, 3.05) is 7.11 Å². The molecule has 3 aliphatic carbocycles. The van der Waals surface area contributed by atoms with E-state index in [1.807, 2.05) is 0 Å². The van der Waals surface area contributed by atoms with Gasteiger partial charge in [0.05, 0.1) is 6.10 Å². The molecule has 7 atom stereocenters. The maximum atomic E-state index is 11.5. The molecule has 0 bridgehead atoms. The van der Waals surface area contributed by atoms with Gasteiger partial charge in [0.1, 0.15) is 6.10 Å². The molecule has 2 saturated carbocycles. The zero-order valence-electron chi connectivity index (χ0n) is 13.7. The molecule has 0 radical (unpaired) electrons. The van der Waals surface area contributed by atoms with Gasteiger partial charge in [0.25, 0.3) is 0 Å². The number of carbonyl (C=O) groups excluding carboxylic acids is 1. The van der Waals surface area contributed by atoms with E-state index in [-0.39, 0.29) is 23.6 Å². The number of hydrogen-bond donors (Lipinski definition) is 0. The first kappa shape index (κ1) is 14.8. The summed E-state index contributed by atoms with van der Waals surface area (Å²) in [6.45, 7) is 12.3. The highest BCUT2D eigenvalue weighted by molar-refractivity contribution is 5.66. The van der Waals surface area contributed by atoms with Crippen LogP contribution in [0, 0.1) is 29.1 Å². The van der Waals surface area contributed by atoms with Crippen LogP contribution in [0.15, 0.2) is 23.8 Å². The molecule has 1 spiro atoms. The van der Waals surface area contributed by atoms with Gasteiger partial charge in [-0.25, -0.2) is 0 Å². The Morgan fingerprint density at radius 2 is 2.05 bits per heavy atom. The van der Waals surface area contributed by atoms with Crippen LogP contribution in [0.4, 0.5) is 0 Å². The van der Waals surface area contributed by atoms with Gasteiger partial charge in [-0.1, -0.05) is 30.7 Å². The molecule has 3 aliphatic rings. The van der Waals surface area contributed by atoms with Crippen LogP contribution in [0.2, 0.25) is 0 Å². The predicted molar refractivity (Wildman–Crippen MR) is 81.6 cm³/mol. The fourth-order valence-corrected chi connectivity index (χ4v) is 5.64. The molecule has 3 nitrogen and oxygen atoms in total. The summed E-state index contributed by atoms with van der Waals surface area (Å²) in [6, 6.07) is 0. The lowest BCUT2D eigenvalue weighted by Gasteiger charge is -2.39. The maximum Gasteiger partial charge on any atom is 0.302 e. The van der Waals surface area contributed by atoms with Crippen molar-refractivity contribution in [1.82, 2.24) is 0 Å². The Morgan fingerprint density at radius 1 is 1.38 bits per heavy atom. The second-order valence-corrected chi connectivity index (χ2v) is 7.22. The zero-order valence-corrected chi connectivity index (χ0v) is 13.7. The topological polar surface area (TPSA) is 35.5 Å². The number of rotatable bonds is 3. The highest BCUT2D eigenvalue weighted by Gasteiger charge is 2.77. The van der Waals surface area contributed by atoms with Crippen molar-refractivity contribution in [1.29, 1.82) is 0 Å². The summed E-state index contributed by atoms with van der Waals surface area (Å²) in [6.07, 6.45) is 3.42. The number of hydrogen-bond acceptors (Lipinski definition) is 3. The molecule has 2 fully saturated rings. The fraction of sp³-hybridized carbons (Fsp3) is 0.722. The maximum absolute atomic E-state index is 11.5. The van der Waals surface area contributed by atoms with Crippen LogP contribution in [-0.4, -0.2) is 25.3 Å². The van der Waals surface area contributed by atoms with Crippen LogP contribution in [0.25, 0.3) is 0 Å². The Bertz CT molecular complexity index is 521. The van der Waals surface area contributed by atoms with Crippen molar-refractivity contribution in [3.8, 4) is 0 Å². The van der Waals surface area contributed by atoms with Gasteiger partial charge in [0.15, 0.2) is 0 Å². The van der Waals surface area contributed by atoms with E-state index in [1.165, 1.54) is 18.1 Å². The third-order valence-electron chi connectivity index (χ3n) is 6.06.